The van der Waals surface area contributed by atoms with Crippen LogP contribution in [0.3, 0.4) is 0 Å². The van der Waals surface area contributed by atoms with Crippen molar-refractivity contribution in [1.29, 1.82) is 0 Å². The molecule has 0 saturated carbocycles. The highest BCUT2D eigenvalue weighted by molar-refractivity contribution is 5.86. The number of carboxylic acid groups (broad SMARTS) is 1. The summed E-state index contributed by atoms with van der Waals surface area (Å²) in [5, 5.41) is 22.1. The Morgan fingerprint density at radius 2 is 0.726 bits per heavy atom. The second-order valence-electron chi connectivity index (χ2n) is 29.8. The van der Waals surface area contributed by atoms with E-state index in [1.165, 1.54) is 29.4 Å². The number of hydrogen-bond acceptors (Lipinski definition) is 22. The minimum absolute atomic E-state index is 0.00113. The summed E-state index contributed by atoms with van der Waals surface area (Å²) in [6.45, 7) is 15.8. The highest BCUT2D eigenvalue weighted by Gasteiger charge is 2.35. The number of nitrogens with one attached hydrogen (secondary N) is 5. The molecule has 0 unspecified atom stereocenters. The zero-order valence-corrected chi connectivity index (χ0v) is 68.3. The number of carboxylic acids is 1. The maximum Gasteiger partial charge on any atom is 0.407 e. The fraction of sp³-hybridized carbons (Fsp3) is 0.472. The van der Waals surface area contributed by atoms with Crippen LogP contribution in [0.5, 0.6) is 0 Å². The summed E-state index contributed by atoms with van der Waals surface area (Å²) < 4.78 is 58.7. The predicted molar refractivity (Wildman–Crippen MR) is 435 cm³/mol. The van der Waals surface area contributed by atoms with Crippen LogP contribution < -0.4 is 26.6 Å². The maximum absolute atomic E-state index is 12.9. The number of hydrogen-bond donors (Lipinski definition) is 6. The summed E-state index contributed by atoms with van der Waals surface area (Å²) in [6, 6.07) is 46.2. The Kier molecular flexibility index (Phi) is 39.4. The van der Waals surface area contributed by atoms with E-state index in [4.69, 9.17) is 57.2 Å². The molecule has 0 heterocycles. The number of aliphatic carboxylic acids is 1. The van der Waals surface area contributed by atoms with Gasteiger partial charge in [-0.15, -0.1) is 0 Å². The summed E-state index contributed by atoms with van der Waals surface area (Å²) >= 11 is 0. The van der Waals surface area contributed by atoms with E-state index in [0.717, 1.165) is 44.5 Å². The number of amides is 5. The van der Waals surface area contributed by atoms with Gasteiger partial charge in [0.05, 0.1) is 33.0 Å². The van der Waals surface area contributed by atoms with E-state index in [2.05, 4.69) is 50.8 Å². The Morgan fingerprint density at radius 3 is 1.10 bits per heavy atom. The van der Waals surface area contributed by atoms with Gasteiger partial charge in [-0.2, -0.15) is 0 Å². The fourth-order valence-corrected chi connectivity index (χ4v) is 13.1. The third kappa shape index (κ3) is 32.7. The zero-order chi connectivity index (χ0) is 84.5. The first-order valence-corrected chi connectivity index (χ1v) is 39.7. The second-order valence-corrected chi connectivity index (χ2v) is 29.8. The molecule has 3 aliphatic rings. The minimum Gasteiger partial charge on any atom is -0.481 e. The standard InChI is InChI=1S/C37H51N3O10.C28H35NO7.C24H27NO6/c1-5-46-23-26(41)11-10-18-38-34(43)25-48-22-21-47-20-19-39-33(42)17-16-32(35(44)50-37(2,3)4)40-36(45)49-24-31-29-14-8-6-12-27(29)28-13-7-9-15-30(28)31;1-33-18-21(30)8-6-14-29-27(31)20-35-17-16-34-15-7-13-28(32)36-19-26-24-11-4-2-9-22(24)23-10-3-5-12-25(23)26;1-24(2,3)31-22(28)20(12-13-21(26)27)25-23(29)30-14-19-17-10-6-4-8-15(17)16-9-5-7-11-18(16)19/h6-9,12-15,31-32H,5,10-11,16-25H2,1-4H3,(H,38,43)(H,39,42)(H,40,45);2-5,9-12,26H,6-8,13-20H2,1H3,(H,29,31);4-11,19-20H,12-14H2,1-3H3,(H,25,29)(H,26,27)/t32-;;20-/m0.0/s1. The van der Waals surface area contributed by atoms with Crippen molar-refractivity contribution < 1.29 is 110 Å². The van der Waals surface area contributed by atoms with Crippen molar-refractivity contribution in [1.82, 2.24) is 26.6 Å². The van der Waals surface area contributed by atoms with Crippen LogP contribution in [-0.2, 0) is 95.3 Å². The van der Waals surface area contributed by atoms with E-state index in [9.17, 15) is 52.7 Å². The van der Waals surface area contributed by atoms with Crippen LogP contribution in [0.2, 0.25) is 0 Å². The molecular weight excluding hydrogens is 1510 g/mol. The molecule has 6 aromatic rings. The lowest BCUT2D eigenvalue weighted by atomic mass is 9.98. The van der Waals surface area contributed by atoms with E-state index < -0.39 is 53.4 Å². The maximum atomic E-state index is 12.9. The first-order valence-electron chi connectivity index (χ1n) is 39.7. The van der Waals surface area contributed by atoms with Crippen molar-refractivity contribution in [3.05, 3.63) is 179 Å². The third-order valence-electron chi connectivity index (χ3n) is 18.5. The van der Waals surface area contributed by atoms with Gasteiger partial charge in [0, 0.05) is 89.8 Å². The van der Waals surface area contributed by atoms with Gasteiger partial charge in [0.15, 0.2) is 11.6 Å². The second kappa shape index (κ2) is 49.3. The average Bonchev–Trinajstić information content (AvgIpc) is 1.63. The molecule has 0 aromatic heterocycles. The van der Waals surface area contributed by atoms with Crippen LogP contribution in [-0.4, -0.2) is 213 Å². The first kappa shape index (κ1) is 93.4. The quantitative estimate of drug-likeness (QED) is 0.0117. The monoisotopic (exact) mass is 1620 g/mol. The normalized spacial score (nSPS) is 12.8. The number of carbonyl (C=O) groups excluding carboxylic acids is 10. The van der Waals surface area contributed by atoms with Gasteiger partial charge >= 0.3 is 36.1 Å². The molecule has 6 N–H and O–H groups in total. The van der Waals surface area contributed by atoms with Gasteiger partial charge in [-0.3, -0.25) is 33.6 Å². The Hall–Kier alpha value is -10.8. The number of fused-ring (bicyclic) bond motifs is 9. The van der Waals surface area contributed by atoms with E-state index in [1.807, 2.05) is 128 Å². The SMILES string of the molecule is CC(C)(C)OC(=O)[C@H](CCC(=O)O)NC(=O)OCC1c2ccccc2-c2ccccc21.CCOCC(=O)CCCNC(=O)COCCOCCNC(=O)CC[C@H](NC(=O)OCC1c2ccccc2-c2ccccc21)C(=O)OC(C)(C)C.COCC(=O)CCCNC(=O)COCCOCCCC(=O)OCC1c2ccccc2-c2ccccc21. The lowest BCUT2D eigenvalue weighted by molar-refractivity contribution is -0.158. The summed E-state index contributed by atoms with van der Waals surface area (Å²) in [5.41, 5.74) is 12.0. The predicted octanol–water partition coefficient (Wildman–Crippen LogP) is 11.0. The Morgan fingerprint density at radius 1 is 0.376 bits per heavy atom. The summed E-state index contributed by atoms with van der Waals surface area (Å²) in [6.07, 6.45) is 0.672. The van der Waals surface area contributed by atoms with Gasteiger partial charge in [-0.25, -0.2) is 19.2 Å². The lowest BCUT2D eigenvalue weighted by Crippen LogP contribution is -2.45. The Balaban J connectivity index is 0.000000250. The van der Waals surface area contributed by atoms with Gasteiger partial charge in [-0.05, 0) is 147 Å². The topological polar surface area (TPSA) is 370 Å². The minimum atomic E-state index is -1.11. The molecule has 0 radical (unpaired) electrons. The summed E-state index contributed by atoms with van der Waals surface area (Å²) in [5.74, 6) is -3.69. The summed E-state index contributed by atoms with van der Waals surface area (Å²) in [4.78, 5) is 133. The lowest BCUT2D eigenvalue weighted by Gasteiger charge is -2.24. The van der Waals surface area contributed by atoms with Crippen molar-refractivity contribution in [2.75, 3.05) is 119 Å². The fourth-order valence-electron chi connectivity index (χ4n) is 13.1. The van der Waals surface area contributed by atoms with E-state index in [-0.39, 0.29) is 158 Å². The number of esters is 3. The molecule has 632 valence electrons. The third-order valence-corrected chi connectivity index (χ3v) is 18.5. The van der Waals surface area contributed by atoms with E-state index in [1.54, 1.807) is 41.5 Å². The van der Waals surface area contributed by atoms with Crippen molar-refractivity contribution in [2.45, 2.75) is 154 Å². The molecule has 117 heavy (non-hydrogen) atoms. The number of carbonyl (C=O) groups is 11. The van der Waals surface area contributed by atoms with Crippen LogP contribution in [0.25, 0.3) is 33.4 Å². The van der Waals surface area contributed by atoms with Crippen LogP contribution in [0.1, 0.15) is 164 Å². The van der Waals surface area contributed by atoms with E-state index >= 15 is 0 Å². The van der Waals surface area contributed by atoms with Gasteiger partial charge in [-0.1, -0.05) is 146 Å². The number of alkyl carbamates (subject to hydrolysis) is 2. The van der Waals surface area contributed by atoms with Crippen LogP contribution in [0.4, 0.5) is 9.59 Å². The van der Waals surface area contributed by atoms with Crippen molar-refractivity contribution in [2.24, 2.45) is 0 Å². The average molecular weight is 1620 g/mol. The van der Waals surface area contributed by atoms with Crippen molar-refractivity contribution >= 4 is 65.4 Å². The molecule has 2 atom stereocenters. The number of Topliss-reactive ketones (excluding diaryl/α,β-unsaturated/α-hetero) is 2. The molecule has 6 aromatic carbocycles. The molecule has 3 aliphatic carbocycles. The molecule has 0 fully saturated rings. The van der Waals surface area contributed by atoms with Crippen molar-refractivity contribution in [3.63, 3.8) is 0 Å². The smallest absolute Gasteiger partial charge is 0.407 e. The number of methoxy groups -OCH3 is 1. The number of benzene rings is 6. The molecule has 9 rings (SSSR count). The molecule has 0 aliphatic heterocycles. The van der Waals surface area contributed by atoms with E-state index in [0.29, 0.717) is 71.6 Å². The number of rotatable bonds is 46. The summed E-state index contributed by atoms with van der Waals surface area (Å²) in [7, 11) is 1.48. The molecule has 5 amide bonds. The molecule has 28 heteroatoms. The first-order chi connectivity index (χ1) is 56.2. The molecule has 0 spiro atoms. The van der Waals surface area contributed by atoms with Crippen LogP contribution in [0, 0.1) is 0 Å². The largest absolute Gasteiger partial charge is 0.481 e. The van der Waals surface area contributed by atoms with Crippen LogP contribution in [0.15, 0.2) is 146 Å². The van der Waals surface area contributed by atoms with Crippen LogP contribution >= 0.6 is 0 Å². The molecule has 28 nitrogen and oxygen atoms in total. The van der Waals surface area contributed by atoms with Gasteiger partial charge in [0.2, 0.25) is 17.7 Å². The Labute approximate surface area is 684 Å². The van der Waals surface area contributed by atoms with Gasteiger partial charge in [0.1, 0.15) is 69.5 Å². The van der Waals surface area contributed by atoms with Crippen molar-refractivity contribution in [3.8, 4) is 33.4 Å². The number of ketones is 2. The Bertz CT molecular complexity index is 4110. The highest BCUT2D eigenvalue weighted by atomic mass is 16.6. The highest BCUT2D eigenvalue weighted by Crippen LogP contribution is 2.47. The van der Waals surface area contributed by atoms with Gasteiger partial charge < -0.3 is 83.8 Å². The molecule has 0 saturated heterocycles. The number of ether oxygens (including phenoxy) is 11. The van der Waals surface area contributed by atoms with Gasteiger partial charge in [0.25, 0.3) is 0 Å². The molecular formula is C89H113N5O23. The molecule has 0 bridgehead atoms. The zero-order valence-electron chi connectivity index (χ0n) is 68.3.